The second-order valence-corrected chi connectivity index (χ2v) is 7.51. The molecule has 0 saturated heterocycles. The third kappa shape index (κ3) is 6.10. The van der Waals surface area contributed by atoms with Gasteiger partial charge in [-0.25, -0.2) is 0 Å². The summed E-state index contributed by atoms with van der Waals surface area (Å²) >= 11 is 0. The number of nitrogens with one attached hydrogen (secondary N) is 3. The second-order valence-electron chi connectivity index (χ2n) is 7.51. The van der Waals surface area contributed by atoms with Crippen LogP contribution >= 0.6 is 24.0 Å². The number of carbonyl (C=O) groups is 1. The van der Waals surface area contributed by atoms with E-state index < -0.39 is 0 Å². The number of carbonyl (C=O) groups excluding carboxylic acids is 1. The number of esters is 1. The molecule has 3 N–H and O–H groups in total. The first kappa shape index (κ1) is 23.5. The van der Waals surface area contributed by atoms with E-state index in [0.717, 1.165) is 44.6 Å². The highest BCUT2D eigenvalue weighted by molar-refractivity contribution is 14.0. The fourth-order valence-electron chi connectivity index (χ4n) is 4.01. The lowest BCUT2D eigenvalue weighted by atomic mass is 9.86. The maximum Gasteiger partial charge on any atom is 0.308 e. The van der Waals surface area contributed by atoms with Gasteiger partial charge in [0.1, 0.15) is 0 Å². The quantitative estimate of drug-likeness (QED) is 0.237. The molecule has 0 aliphatic heterocycles. The van der Waals surface area contributed by atoms with Crippen molar-refractivity contribution in [3.63, 3.8) is 0 Å². The van der Waals surface area contributed by atoms with Crippen LogP contribution in [0.1, 0.15) is 43.7 Å². The number of aryl methyl sites for hydroxylation is 1. The van der Waals surface area contributed by atoms with Crippen LogP contribution < -0.4 is 10.6 Å². The van der Waals surface area contributed by atoms with E-state index in [2.05, 4.69) is 51.9 Å². The number of halogens is 1. The summed E-state index contributed by atoms with van der Waals surface area (Å²) in [6.45, 7) is 5.27. The molecule has 0 radical (unpaired) electrons. The average molecular weight is 512 g/mol. The Labute approximate surface area is 190 Å². The molecule has 0 bridgehead atoms. The Bertz CT molecular complexity index is 825. The molecule has 2 aromatic rings. The molecule has 0 spiro atoms. The number of hydrogen-bond acceptors (Lipinski definition) is 3. The summed E-state index contributed by atoms with van der Waals surface area (Å²) in [4.78, 5) is 19.6. The van der Waals surface area contributed by atoms with Crippen LogP contribution in [-0.4, -0.2) is 43.2 Å². The van der Waals surface area contributed by atoms with Crippen molar-refractivity contribution in [3.8, 4) is 0 Å². The molecule has 1 aromatic heterocycles. The number of H-pyrrole nitrogens is 1. The highest BCUT2D eigenvalue weighted by Crippen LogP contribution is 2.25. The van der Waals surface area contributed by atoms with Crippen LogP contribution in [0.3, 0.4) is 0 Å². The number of fused-ring (bicyclic) bond motifs is 1. The SMILES string of the molecule is CCOC(=O)C1CCC(NC(=NC)NCCc2c[nH]c3c(C)cccc23)CC1.I. The number of para-hydroxylation sites is 1. The predicted molar refractivity (Wildman–Crippen MR) is 129 cm³/mol. The molecule has 1 aliphatic carbocycles. The number of guanidine groups is 1. The number of rotatable bonds is 6. The number of hydrogen-bond donors (Lipinski definition) is 3. The molecule has 1 saturated carbocycles. The second kappa shape index (κ2) is 11.4. The van der Waals surface area contributed by atoms with E-state index in [0.29, 0.717) is 12.6 Å². The fraction of sp³-hybridized carbons (Fsp3) is 0.545. The molecule has 1 aromatic carbocycles. The fourth-order valence-corrected chi connectivity index (χ4v) is 4.01. The van der Waals surface area contributed by atoms with Gasteiger partial charge in [-0.3, -0.25) is 9.79 Å². The summed E-state index contributed by atoms with van der Waals surface area (Å²) in [5.41, 5.74) is 3.81. The lowest BCUT2D eigenvalue weighted by Gasteiger charge is -2.29. The summed E-state index contributed by atoms with van der Waals surface area (Å²) in [5, 5.41) is 8.22. The van der Waals surface area contributed by atoms with Gasteiger partial charge in [0.15, 0.2) is 5.96 Å². The molecule has 0 amide bonds. The minimum Gasteiger partial charge on any atom is -0.466 e. The van der Waals surface area contributed by atoms with Crippen LogP contribution in [0.15, 0.2) is 29.4 Å². The van der Waals surface area contributed by atoms with Gasteiger partial charge < -0.3 is 20.4 Å². The maximum atomic E-state index is 11.9. The van der Waals surface area contributed by atoms with Crippen molar-refractivity contribution in [1.29, 1.82) is 0 Å². The number of nitrogens with zero attached hydrogens (tertiary/aromatic N) is 1. The molecule has 1 aliphatic rings. The highest BCUT2D eigenvalue weighted by atomic mass is 127. The molecule has 0 unspecified atom stereocenters. The van der Waals surface area contributed by atoms with E-state index >= 15 is 0 Å². The topological polar surface area (TPSA) is 78.5 Å². The van der Waals surface area contributed by atoms with Gasteiger partial charge in [-0.15, -0.1) is 24.0 Å². The van der Waals surface area contributed by atoms with E-state index in [9.17, 15) is 4.79 Å². The third-order valence-electron chi connectivity index (χ3n) is 5.61. The van der Waals surface area contributed by atoms with Crippen molar-refractivity contribution in [1.82, 2.24) is 15.6 Å². The molecule has 0 atom stereocenters. The number of aromatic nitrogens is 1. The van der Waals surface area contributed by atoms with Gasteiger partial charge in [-0.05, 0) is 57.1 Å². The Hall–Kier alpha value is -1.77. The van der Waals surface area contributed by atoms with E-state index in [1.54, 1.807) is 7.05 Å². The standard InChI is InChI=1S/C22H32N4O2.HI/c1-4-28-21(27)16-8-10-18(11-9-16)26-22(23-3)24-13-12-17-14-25-20-15(2)6-5-7-19(17)20;/h5-7,14,16,18,25H,4,8-13H2,1-3H3,(H2,23,24,26);1H. The number of ether oxygens (including phenoxy) is 1. The zero-order valence-electron chi connectivity index (χ0n) is 17.6. The Morgan fingerprint density at radius 2 is 2.03 bits per heavy atom. The molecule has 3 rings (SSSR count). The lowest BCUT2D eigenvalue weighted by molar-refractivity contribution is -0.149. The van der Waals surface area contributed by atoms with E-state index in [4.69, 9.17) is 4.74 Å². The van der Waals surface area contributed by atoms with Gasteiger partial charge in [-0.1, -0.05) is 18.2 Å². The monoisotopic (exact) mass is 512 g/mol. The summed E-state index contributed by atoms with van der Waals surface area (Å²) in [6, 6.07) is 6.76. The number of aromatic amines is 1. The predicted octanol–water partition coefficient (Wildman–Crippen LogP) is 3.92. The van der Waals surface area contributed by atoms with Gasteiger partial charge in [-0.2, -0.15) is 0 Å². The zero-order valence-corrected chi connectivity index (χ0v) is 19.9. The molecule has 1 fully saturated rings. The lowest BCUT2D eigenvalue weighted by Crippen LogP contribution is -2.45. The van der Waals surface area contributed by atoms with Crippen molar-refractivity contribution in [2.75, 3.05) is 20.2 Å². The Kier molecular flexibility index (Phi) is 9.26. The summed E-state index contributed by atoms with van der Waals surface area (Å²) < 4.78 is 5.15. The number of benzene rings is 1. The summed E-state index contributed by atoms with van der Waals surface area (Å²) in [5.74, 6) is 0.839. The minimum atomic E-state index is -0.0441. The first-order valence-electron chi connectivity index (χ1n) is 10.3. The summed E-state index contributed by atoms with van der Waals surface area (Å²) in [7, 11) is 1.80. The van der Waals surface area contributed by atoms with Crippen LogP contribution in [0.5, 0.6) is 0 Å². The van der Waals surface area contributed by atoms with Crippen LogP contribution in [0, 0.1) is 12.8 Å². The largest absolute Gasteiger partial charge is 0.466 e. The van der Waals surface area contributed by atoms with Gasteiger partial charge in [0.05, 0.1) is 12.5 Å². The molecule has 160 valence electrons. The van der Waals surface area contributed by atoms with Crippen LogP contribution in [0.25, 0.3) is 10.9 Å². The Morgan fingerprint density at radius 1 is 1.28 bits per heavy atom. The first-order valence-corrected chi connectivity index (χ1v) is 10.3. The van der Waals surface area contributed by atoms with Crippen molar-refractivity contribution in [2.45, 2.75) is 52.0 Å². The summed E-state index contributed by atoms with van der Waals surface area (Å²) in [6.07, 6.45) is 6.72. The van der Waals surface area contributed by atoms with Crippen molar-refractivity contribution >= 4 is 46.8 Å². The molecule has 1 heterocycles. The van der Waals surface area contributed by atoms with Crippen molar-refractivity contribution < 1.29 is 9.53 Å². The molecule has 7 heteroatoms. The van der Waals surface area contributed by atoms with Crippen molar-refractivity contribution in [2.24, 2.45) is 10.9 Å². The van der Waals surface area contributed by atoms with Gasteiger partial charge >= 0.3 is 5.97 Å². The van der Waals surface area contributed by atoms with E-state index in [1.165, 1.54) is 22.0 Å². The molecular weight excluding hydrogens is 479 g/mol. The average Bonchev–Trinajstić information content (AvgIpc) is 3.12. The maximum absolute atomic E-state index is 11.9. The first-order chi connectivity index (χ1) is 13.6. The van der Waals surface area contributed by atoms with E-state index in [1.807, 2.05) is 6.92 Å². The number of aliphatic imine (C=N–C) groups is 1. The minimum absolute atomic E-state index is 0. The van der Waals surface area contributed by atoms with Crippen LogP contribution in [-0.2, 0) is 16.0 Å². The van der Waals surface area contributed by atoms with Gasteiger partial charge in [0.25, 0.3) is 0 Å². The molecule has 29 heavy (non-hydrogen) atoms. The zero-order chi connectivity index (χ0) is 19.9. The molecule has 6 nitrogen and oxygen atoms in total. The van der Waals surface area contributed by atoms with Crippen LogP contribution in [0.4, 0.5) is 0 Å². The molecular formula is C22H33IN4O2. The highest BCUT2D eigenvalue weighted by Gasteiger charge is 2.27. The van der Waals surface area contributed by atoms with E-state index in [-0.39, 0.29) is 35.9 Å². The van der Waals surface area contributed by atoms with Crippen LogP contribution in [0.2, 0.25) is 0 Å². The normalized spacial score (nSPS) is 19.5. The Balaban J connectivity index is 0.00000300. The van der Waals surface area contributed by atoms with Crippen molar-refractivity contribution in [3.05, 3.63) is 35.5 Å². The smallest absolute Gasteiger partial charge is 0.308 e. The Morgan fingerprint density at radius 3 is 2.72 bits per heavy atom. The van der Waals surface area contributed by atoms with Gasteiger partial charge in [0, 0.05) is 36.7 Å². The third-order valence-corrected chi connectivity index (χ3v) is 5.61. The van der Waals surface area contributed by atoms with Gasteiger partial charge in [0.2, 0.25) is 0 Å².